The molecule has 0 atom stereocenters. The second-order valence-corrected chi connectivity index (χ2v) is 4.63. The Morgan fingerprint density at radius 3 is 2.57 bits per heavy atom. The van der Waals surface area contributed by atoms with Gasteiger partial charge >= 0.3 is 0 Å². The summed E-state index contributed by atoms with van der Waals surface area (Å²) >= 11 is 5.79. The molecule has 0 radical (unpaired) electrons. The molecule has 2 rings (SSSR count). The number of halogens is 3. The summed E-state index contributed by atoms with van der Waals surface area (Å²) in [6, 6.07) is 6.42. The third kappa shape index (κ3) is 3.22. The van der Waals surface area contributed by atoms with Crippen molar-refractivity contribution in [1.29, 1.82) is 0 Å². The number of nitro groups is 1. The number of hydrogen-bond acceptors (Lipinski definition) is 3. The molecule has 0 N–H and O–H groups in total. The molecule has 0 bridgehead atoms. The predicted octanol–water partition coefficient (Wildman–Crippen LogP) is 3.95. The Balaban J connectivity index is 2.41. The van der Waals surface area contributed by atoms with E-state index in [0.29, 0.717) is 0 Å². The highest BCUT2D eigenvalue weighted by atomic mass is 35.5. The Morgan fingerprint density at radius 2 is 1.95 bits per heavy atom. The zero-order valence-corrected chi connectivity index (χ0v) is 11.2. The van der Waals surface area contributed by atoms with Crippen molar-refractivity contribution in [3.05, 3.63) is 74.3 Å². The van der Waals surface area contributed by atoms with Gasteiger partial charge in [0, 0.05) is 23.1 Å². The molecule has 0 aliphatic carbocycles. The van der Waals surface area contributed by atoms with E-state index >= 15 is 0 Å². The van der Waals surface area contributed by atoms with E-state index in [1.807, 2.05) is 0 Å². The van der Waals surface area contributed by atoms with Crippen molar-refractivity contribution in [2.75, 3.05) is 0 Å². The van der Waals surface area contributed by atoms with Crippen LogP contribution in [0.1, 0.15) is 15.9 Å². The average Bonchev–Trinajstić information content (AvgIpc) is 2.42. The van der Waals surface area contributed by atoms with Crippen LogP contribution in [0.2, 0.25) is 5.02 Å². The van der Waals surface area contributed by atoms with E-state index in [4.69, 9.17) is 11.6 Å². The number of nitro benzene ring substituents is 1. The zero-order chi connectivity index (χ0) is 15.6. The maximum Gasteiger partial charge on any atom is 0.280 e. The monoisotopic (exact) mass is 311 g/mol. The molecule has 4 nitrogen and oxygen atoms in total. The standard InChI is InChI=1S/C14H8ClF2NO3/c15-11-2-1-3-12(17)9(11)7-14(19)10-6-8(16)4-5-13(10)18(20)21/h1-6H,7H2. The fourth-order valence-electron chi connectivity index (χ4n) is 1.85. The molecule has 0 unspecified atom stereocenters. The second kappa shape index (κ2) is 5.97. The largest absolute Gasteiger partial charge is 0.294 e. The minimum absolute atomic E-state index is 0.0300. The first-order chi connectivity index (χ1) is 9.90. The number of rotatable bonds is 4. The molecule has 108 valence electrons. The van der Waals surface area contributed by atoms with Gasteiger partial charge in [-0.1, -0.05) is 17.7 Å². The van der Waals surface area contributed by atoms with Gasteiger partial charge in [-0.2, -0.15) is 0 Å². The van der Waals surface area contributed by atoms with Crippen molar-refractivity contribution < 1.29 is 18.5 Å². The summed E-state index contributed by atoms with van der Waals surface area (Å²) in [5, 5.41) is 10.9. The second-order valence-electron chi connectivity index (χ2n) is 4.22. The Kier molecular flexibility index (Phi) is 4.28. The lowest BCUT2D eigenvalue weighted by Gasteiger charge is -2.06. The van der Waals surface area contributed by atoms with Gasteiger partial charge in [0.15, 0.2) is 5.78 Å². The van der Waals surface area contributed by atoms with Gasteiger partial charge in [0.05, 0.1) is 10.5 Å². The van der Waals surface area contributed by atoms with E-state index in [-0.39, 0.29) is 10.6 Å². The molecule has 0 fully saturated rings. The molecule has 0 amide bonds. The number of benzene rings is 2. The summed E-state index contributed by atoms with van der Waals surface area (Å²) in [5.41, 5.74) is -1.03. The lowest BCUT2D eigenvalue weighted by molar-refractivity contribution is -0.385. The highest BCUT2D eigenvalue weighted by molar-refractivity contribution is 6.31. The van der Waals surface area contributed by atoms with E-state index in [9.17, 15) is 23.7 Å². The topological polar surface area (TPSA) is 60.2 Å². The molecule has 0 heterocycles. The highest BCUT2D eigenvalue weighted by Crippen LogP contribution is 2.25. The van der Waals surface area contributed by atoms with Crippen LogP contribution in [0, 0.1) is 21.7 Å². The van der Waals surface area contributed by atoms with E-state index in [1.165, 1.54) is 12.1 Å². The highest BCUT2D eigenvalue weighted by Gasteiger charge is 2.22. The van der Waals surface area contributed by atoms with Crippen molar-refractivity contribution in [2.24, 2.45) is 0 Å². The SMILES string of the molecule is O=C(Cc1c(F)cccc1Cl)c1cc(F)ccc1[N+](=O)[O-]. The van der Waals surface area contributed by atoms with Crippen LogP contribution < -0.4 is 0 Å². The first kappa shape index (κ1) is 15.1. The van der Waals surface area contributed by atoms with Crippen molar-refractivity contribution in [3.63, 3.8) is 0 Å². The smallest absolute Gasteiger partial charge is 0.280 e. The number of ketones is 1. The summed E-state index contributed by atoms with van der Waals surface area (Å²) in [5.74, 6) is -2.27. The predicted molar refractivity (Wildman–Crippen MR) is 72.5 cm³/mol. The molecule has 21 heavy (non-hydrogen) atoms. The van der Waals surface area contributed by atoms with Crippen LogP contribution in [0.25, 0.3) is 0 Å². The first-order valence-electron chi connectivity index (χ1n) is 5.80. The van der Waals surface area contributed by atoms with Gasteiger partial charge in [0.25, 0.3) is 5.69 Å². The number of nitrogens with zero attached hydrogens (tertiary/aromatic N) is 1. The summed E-state index contributed by atoms with van der Waals surface area (Å²) in [6.07, 6.45) is -0.490. The minimum atomic E-state index is -0.796. The quantitative estimate of drug-likeness (QED) is 0.488. The van der Waals surface area contributed by atoms with E-state index in [1.54, 1.807) is 0 Å². The van der Waals surface area contributed by atoms with E-state index in [0.717, 1.165) is 24.3 Å². The zero-order valence-electron chi connectivity index (χ0n) is 10.5. The molecule has 0 aromatic heterocycles. The molecule has 0 spiro atoms. The van der Waals surface area contributed by atoms with Gasteiger partial charge < -0.3 is 0 Å². The molecule has 0 aliphatic rings. The maximum absolute atomic E-state index is 13.6. The van der Waals surface area contributed by atoms with Gasteiger partial charge in [0.2, 0.25) is 0 Å². The van der Waals surface area contributed by atoms with Crippen LogP contribution in [0.4, 0.5) is 14.5 Å². The molecule has 0 saturated carbocycles. The Morgan fingerprint density at radius 1 is 1.24 bits per heavy atom. The molecule has 7 heteroatoms. The molecule has 2 aromatic carbocycles. The summed E-state index contributed by atoms with van der Waals surface area (Å²) in [6.45, 7) is 0. The molecular formula is C14H8ClF2NO3. The van der Waals surface area contributed by atoms with Crippen molar-refractivity contribution in [2.45, 2.75) is 6.42 Å². The van der Waals surface area contributed by atoms with Gasteiger partial charge in [-0.3, -0.25) is 14.9 Å². The van der Waals surface area contributed by atoms with Gasteiger partial charge in [-0.15, -0.1) is 0 Å². The first-order valence-corrected chi connectivity index (χ1v) is 6.18. The summed E-state index contributed by atoms with van der Waals surface area (Å²) in [4.78, 5) is 22.2. The Labute approximate surface area is 123 Å². The maximum atomic E-state index is 13.6. The van der Waals surface area contributed by atoms with Crippen LogP contribution in [0.3, 0.4) is 0 Å². The van der Waals surface area contributed by atoms with Crippen molar-refractivity contribution in [1.82, 2.24) is 0 Å². The minimum Gasteiger partial charge on any atom is -0.294 e. The van der Waals surface area contributed by atoms with Crippen LogP contribution in [0.15, 0.2) is 36.4 Å². The van der Waals surface area contributed by atoms with Crippen LogP contribution in [-0.4, -0.2) is 10.7 Å². The van der Waals surface area contributed by atoms with Crippen LogP contribution in [0.5, 0.6) is 0 Å². The summed E-state index contributed by atoms with van der Waals surface area (Å²) in [7, 11) is 0. The normalized spacial score (nSPS) is 10.4. The van der Waals surface area contributed by atoms with Crippen LogP contribution >= 0.6 is 11.6 Å². The fraction of sp³-hybridized carbons (Fsp3) is 0.0714. The lowest BCUT2D eigenvalue weighted by Crippen LogP contribution is -2.09. The van der Waals surface area contributed by atoms with Gasteiger partial charge in [-0.25, -0.2) is 8.78 Å². The number of carbonyl (C=O) groups excluding carboxylic acids is 1. The molecule has 0 aliphatic heterocycles. The Bertz CT molecular complexity index is 714. The summed E-state index contributed by atoms with van der Waals surface area (Å²) < 4.78 is 26.8. The molecular weight excluding hydrogens is 304 g/mol. The molecule has 2 aromatic rings. The third-order valence-electron chi connectivity index (χ3n) is 2.85. The van der Waals surface area contributed by atoms with Crippen LogP contribution in [-0.2, 0) is 6.42 Å². The van der Waals surface area contributed by atoms with Crippen molar-refractivity contribution >= 4 is 23.1 Å². The van der Waals surface area contributed by atoms with E-state index in [2.05, 4.69) is 0 Å². The average molecular weight is 312 g/mol. The van der Waals surface area contributed by atoms with Gasteiger partial charge in [-0.05, 0) is 24.3 Å². The van der Waals surface area contributed by atoms with Gasteiger partial charge in [0.1, 0.15) is 11.6 Å². The number of hydrogen-bond donors (Lipinski definition) is 0. The number of carbonyl (C=O) groups is 1. The lowest BCUT2D eigenvalue weighted by atomic mass is 10.0. The number of Topliss-reactive ketones (excluding diaryl/α,β-unsaturated/α-hetero) is 1. The van der Waals surface area contributed by atoms with Crippen molar-refractivity contribution in [3.8, 4) is 0 Å². The Hall–Kier alpha value is -2.34. The van der Waals surface area contributed by atoms with E-state index < -0.39 is 40.0 Å². The fourth-order valence-corrected chi connectivity index (χ4v) is 2.08. The third-order valence-corrected chi connectivity index (χ3v) is 3.21. The molecule has 0 saturated heterocycles.